The van der Waals surface area contributed by atoms with Crippen molar-refractivity contribution in [1.82, 2.24) is 4.90 Å². The van der Waals surface area contributed by atoms with Gasteiger partial charge in [-0.1, -0.05) is 149 Å². The van der Waals surface area contributed by atoms with Gasteiger partial charge in [-0.25, -0.2) is 4.79 Å². The summed E-state index contributed by atoms with van der Waals surface area (Å²) in [6, 6.07) is 26.6. The van der Waals surface area contributed by atoms with Crippen molar-refractivity contribution in [2.75, 3.05) is 26.4 Å². The number of aliphatic hydroxyl groups is 2. The summed E-state index contributed by atoms with van der Waals surface area (Å²) in [5.74, 6) is -0.478. The number of oxime groups is 1. The van der Waals surface area contributed by atoms with Crippen LogP contribution in [0.2, 0.25) is 0 Å². The summed E-state index contributed by atoms with van der Waals surface area (Å²) in [5, 5.41) is 27.3. The third kappa shape index (κ3) is 14.2. The van der Waals surface area contributed by atoms with Gasteiger partial charge in [-0.2, -0.15) is 0 Å². The number of carbonyl (C=O) groups is 2. The number of fused-ring (bicyclic) bond motifs is 3. The van der Waals surface area contributed by atoms with E-state index < -0.39 is 29.4 Å². The number of ether oxygens (including phenoxy) is 4. The molecule has 1 saturated carbocycles. The summed E-state index contributed by atoms with van der Waals surface area (Å²) in [6.07, 6.45) is 20.9. The summed E-state index contributed by atoms with van der Waals surface area (Å²) >= 11 is 0. The maximum absolute atomic E-state index is 15.4. The van der Waals surface area contributed by atoms with Gasteiger partial charge in [0.25, 0.3) is 0 Å². The van der Waals surface area contributed by atoms with E-state index in [9.17, 15) is 15.0 Å². The van der Waals surface area contributed by atoms with Gasteiger partial charge < -0.3 is 34.0 Å². The van der Waals surface area contributed by atoms with Crippen LogP contribution in [-0.2, 0) is 20.9 Å². The highest BCUT2D eigenvalue weighted by atomic mass is 16.7. The van der Waals surface area contributed by atoms with Gasteiger partial charge >= 0.3 is 6.09 Å². The maximum atomic E-state index is 15.4. The lowest BCUT2D eigenvalue weighted by molar-refractivity contribution is -0.256. The van der Waals surface area contributed by atoms with Crippen molar-refractivity contribution in [3.63, 3.8) is 0 Å². The molecule has 1 heterocycles. The summed E-state index contributed by atoms with van der Waals surface area (Å²) in [7, 11) is 0. The molecule has 2 aliphatic carbocycles. The van der Waals surface area contributed by atoms with Crippen molar-refractivity contribution in [3.05, 3.63) is 126 Å². The van der Waals surface area contributed by atoms with E-state index in [0.29, 0.717) is 41.4 Å². The zero-order valence-electron chi connectivity index (χ0n) is 44.1. The van der Waals surface area contributed by atoms with Crippen molar-refractivity contribution >= 4 is 28.9 Å². The van der Waals surface area contributed by atoms with Gasteiger partial charge in [-0.15, -0.1) is 6.58 Å². The van der Waals surface area contributed by atoms with Crippen LogP contribution in [0.25, 0.3) is 10.8 Å². The Balaban J connectivity index is 1.37. The Morgan fingerprint density at radius 3 is 2.26 bits per heavy atom. The molecule has 7 rings (SSSR count). The van der Waals surface area contributed by atoms with E-state index in [0.717, 1.165) is 78.7 Å². The number of unbranched alkanes of at least 4 members (excludes halogenated alkanes) is 11. The molecule has 6 unspecified atom stereocenters. The highest BCUT2D eigenvalue weighted by Gasteiger charge is 2.66. The predicted octanol–water partition coefficient (Wildman–Crippen LogP) is 14.4. The van der Waals surface area contributed by atoms with Crippen molar-refractivity contribution in [2.45, 2.75) is 167 Å². The molecule has 2 N–H and O–H groups in total. The molecule has 11 nitrogen and oxygen atoms in total. The smallest absolute Gasteiger partial charge is 0.410 e. The molecule has 0 saturated heterocycles. The second kappa shape index (κ2) is 27.2. The van der Waals surface area contributed by atoms with E-state index in [1.165, 1.54) is 44.9 Å². The minimum Gasteiger partial charge on any atom is -0.459 e. The molecule has 4 aromatic carbocycles. The molecule has 394 valence electrons. The zero-order chi connectivity index (χ0) is 51.6. The fourth-order valence-corrected chi connectivity index (χ4v) is 11.4. The highest BCUT2D eigenvalue weighted by Crippen LogP contribution is 2.62. The van der Waals surface area contributed by atoms with Crippen LogP contribution in [0.3, 0.4) is 0 Å². The largest absolute Gasteiger partial charge is 0.459 e. The monoisotopic (exact) mass is 999 g/mol. The van der Waals surface area contributed by atoms with E-state index in [-0.39, 0.29) is 57.1 Å². The number of benzene rings is 4. The fraction of sp³-hybridized carbons (Fsp3) is 0.532. The van der Waals surface area contributed by atoms with Crippen molar-refractivity contribution in [3.8, 4) is 17.2 Å². The molecule has 73 heavy (non-hydrogen) atoms. The summed E-state index contributed by atoms with van der Waals surface area (Å²) in [5.41, 5.74) is 3.43. The quantitative estimate of drug-likeness (QED) is 0.0236. The number of allylic oxidation sites excluding steroid dienone is 1. The molecule has 11 heteroatoms. The number of hydrogen-bond donors (Lipinski definition) is 2. The first-order chi connectivity index (χ1) is 35.5. The molecule has 0 spiro atoms. The van der Waals surface area contributed by atoms with Crippen molar-refractivity contribution < 1.29 is 43.6 Å². The average molecular weight is 999 g/mol. The highest BCUT2D eigenvalue weighted by molar-refractivity contribution is 6.03. The maximum Gasteiger partial charge on any atom is 0.410 e. The Morgan fingerprint density at radius 2 is 1.53 bits per heavy atom. The van der Waals surface area contributed by atoms with Crippen molar-refractivity contribution in [1.29, 1.82) is 0 Å². The number of carbonyl (C=O) groups excluding carboxylic acids is 2. The molecule has 0 aromatic heterocycles. The van der Waals surface area contributed by atoms with E-state index in [2.05, 4.69) is 49.9 Å². The van der Waals surface area contributed by atoms with E-state index in [1.807, 2.05) is 62.1 Å². The van der Waals surface area contributed by atoms with Crippen LogP contribution in [0.4, 0.5) is 4.79 Å². The van der Waals surface area contributed by atoms with Crippen LogP contribution < -0.4 is 9.47 Å². The number of hydrogen-bond acceptors (Lipinski definition) is 10. The zero-order valence-corrected chi connectivity index (χ0v) is 44.1. The standard InChI is InChI=1S/C62H82N2O9/c1-6-8-9-10-11-12-13-14-15-22-38-69-60(68)64(43-48-29-24-28-46-26-16-17-31-51(46)48)57-42-55(63-73-61(3,4)5)53-40-47(27-18-20-35-65)52(32-19-21-36-66)58-54-41-50(71-49-30-23-25-45(39-49)44-67)33-34-56(54)72-62(57,59(53)58)70-37-7-2/h7,16-17,23-26,28-31,33-34,39-41,44,47,52,57-59,65-66H,2,6,8-15,18-22,27,32,35-38,42-43H2,1,3-5H3. The summed E-state index contributed by atoms with van der Waals surface area (Å²) in [6.45, 7) is 13.1. The molecule has 0 bridgehead atoms. The van der Waals surface area contributed by atoms with Gasteiger partial charge in [0, 0.05) is 36.7 Å². The first kappa shape index (κ1) is 55.3. The molecule has 3 aliphatic rings. The Bertz CT molecular complexity index is 2470. The Kier molecular flexibility index (Phi) is 20.6. The number of rotatable bonds is 29. The van der Waals surface area contributed by atoms with Gasteiger partial charge in [0.15, 0.2) is 0 Å². The first-order valence-corrected chi connectivity index (χ1v) is 27.4. The molecular formula is C62H82N2O9. The fourth-order valence-electron chi connectivity index (χ4n) is 11.4. The molecule has 1 aliphatic heterocycles. The summed E-state index contributed by atoms with van der Waals surface area (Å²) < 4.78 is 27.8. The molecule has 1 fully saturated rings. The average Bonchev–Trinajstić information content (AvgIpc) is 3.39. The Labute approximate surface area is 435 Å². The van der Waals surface area contributed by atoms with Gasteiger partial charge in [-0.05, 0) is 117 Å². The molecule has 4 aromatic rings. The minimum atomic E-state index is -1.48. The van der Waals surface area contributed by atoms with Gasteiger partial charge in [-0.3, -0.25) is 9.69 Å². The summed E-state index contributed by atoms with van der Waals surface area (Å²) in [4.78, 5) is 35.4. The molecule has 6 atom stereocenters. The minimum absolute atomic E-state index is 0.0142. The second-order valence-corrected chi connectivity index (χ2v) is 21.3. The predicted molar refractivity (Wildman–Crippen MR) is 290 cm³/mol. The van der Waals surface area contributed by atoms with E-state index >= 15 is 4.79 Å². The van der Waals surface area contributed by atoms with Gasteiger partial charge in [0.2, 0.25) is 5.79 Å². The third-order valence-electron chi connectivity index (χ3n) is 14.9. The van der Waals surface area contributed by atoms with E-state index in [4.69, 9.17) is 28.9 Å². The van der Waals surface area contributed by atoms with Crippen molar-refractivity contribution in [2.24, 2.45) is 22.9 Å². The number of aliphatic hydroxyl groups excluding tert-OH is 2. The van der Waals surface area contributed by atoms with Crippen LogP contribution >= 0.6 is 0 Å². The lowest BCUT2D eigenvalue weighted by Crippen LogP contribution is -2.70. The Hall–Kier alpha value is -5.49. The molecule has 0 radical (unpaired) electrons. The van der Waals surface area contributed by atoms with Crippen LogP contribution in [0.5, 0.6) is 17.2 Å². The van der Waals surface area contributed by atoms with Crippen LogP contribution in [-0.4, -0.2) is 77.1 Å². The third-order valence-corrected chi connectivity index (χ3v) is 14.9. The lowest BCUT2D eigenvalue weighted by Gasteiger charge is -2.60. The lowest BCUT2D eigenvalue weighted by atomic mass is 9.55. The van der Waals surface area contributed by atoms with Gasteiger partial charge in [0.05, 0.1) is 31.4 Å². The van der Waals surface area contributed by atoms with Crippen LogP contribution in [0.1, 0.15) is 164 Å². The normalized spacial score (nSPS) is 21.6. The Morgan fingerprint density at radius 1 is 0.836 bits per heavy atom. The topological polar surface area (TPSA) is 136 Å². The number of nitrogens with zero attached hydrogens (tertiary/aromatic N) is 2. The first-order valence-electron chi connectivity index (χ1n) is 27.4. The van der Waals surface area contributed by atoms with Crippen LogP contribution in [0.15, 0.2) is 114 Å². The van der Waals surface area contributed by atoms with E-state index in [1.54, 1.807) is 24.3 Å². The molecular weight excluding hydrogens is 917 g/mol. The second-order valence-electron chi connectivity index (χ2n) is 21.3. The van der Waals surface area contributed by atoms with Gasteiger partial charge in [0.1, 0.15) is 35.2 Å². The molecule has 1 amide bonds. The van der Waals surface area contributed by atoms with Crippen LogP contribution in [0, 0.1) is 17.8 Å². The number of amides is 1. The SMILES string of the molecule is C=CCOC12Oc3ccc(Oc4cccc(C=O)c4)cc3C3C(CCCCO)C(CCCCO)C=C(C(=NOC(C)(C)C)CC1N(Cc1cccc4ccccc14)C(=O)OCCCCCCCCCCCC)C32. The number of aldehydes is 1.